The molecule has 1 fully saturated rings. The predicted molar refractivity (Wildman–Crippen MR) is 131 cm³/mol. The fraction of sp³-hybridized carbons (Fsp3) is 0.360. The van der Waals surface area contributed by atoms with Crippen LogP contribution in [0, 0.1) is 24.0 Å². The maximum Gasteiger partial charge on any atom is 0.310 e. The third kappa shape index (κ3) is 5.39. The van der Waals surface area contributed by atoms with Gasteiger partial charge in [-0.2, -0.15) is 5.10 Å². The van der Waals surface area contributed by atoms with Crippen LogP contribution >= 0.6 is 11.6 Å². The monoisotopic (exact) mass is 517 g/mol. The van der Waals surface area contributed by atoms with E-state index in [0.29, 0.717) is 24.5 Å². The number of benzene rings is 1. The molecule has 1 saturated heterocycles. The van der Waals surface area contributed by atoms with E-state index in [4.69, 9.17) is 11.6 Å². The molecule has 0 spiro atoms. The number of hydrogen-bond acceptors (Lipinski definition) is 6. The molecule has 0 unspecified atom stereocenters. The second-order valence-corrected chi connectivity index (χ2v) is 9.59. The lowest BCUT2D eigenvalue weighted by molar-refractivity contribution is -0.152. The minimum atomic E-state index is -1.28. The lowest BCUT2D eigenvalue weighted by Gasteiger charge is -2.39. The molecule has 0 bridgehead atoms. The summed E-state index contributed by atoms with van der Waals surface area (Å²) >= 11 is 5.87. The summed E-state index contributed by atoms with van der Waals surface area (Å²) in [5, 5.41) is 19.9. The number of aliphatic carboxylic acids is 1. The molecule has 8 nitrogen and oxygen atoms in total. The zero-order chi connectivity index (χ0) is 26.0. The number of carboxylic acid groups (broad SMARTS) is 1. The van der Waals surface area contributed by atoms with Crippen molar-refractivity contribution < 1.29 is 23.5 Å². The van der Waals surface area contributed by atoms with E-state index in [1.54, 1.807) is 18.2 Å². The third-order valence-corrected chi connectivity index (χ3v) is 6.86. The molecule has 36 heavy (non-hydrogen) atoms. The fourth-order valence-corrected chi connectivity index (χ4v) is 4.66. The van der Waals surface area contributed by atoms with Crippen LogP contribution in [-0.4, -0.2) is 50.0 Å². The Kier molecular flexibility index (Phi) is 7.37. The topological polar surface area (TPSA) is 111 Å². The molecule has 3 N–H and O–H groups in total. The van der Waals surface area contributed by atoms with Gasteiger partial charge in [-0.1, -0.05) is 23.7 Å². The second-order valence-electron chi connectivity index (χ2n) is 9.18. The first-order valence-corrected chi connectivity index (χ1v) is 11.8. The van der Waals surface area contributed by atoms with E-state index >= 15 is 4.39 Å². The van der Waals surface area contributed by atoms with Crippen LogP contribution in [0.4, 0.5) is 20.4 Å². The number of H-pyrrole nitrogens is 1. The Morgan fingerprint density at radius 1 is 1.19 bits per heavy atom. The van der Waals surface area contributed by atoms with Crippen molar-refractivity contribution in [1.82, 2.24) is 20.1 Å². The van der Waals surface area contributed by atoms with Gasteiger partial charge in [-0.25, -0.2) is 13.8 Å². The lowest BCUT2D eigenvalue weighted by Crippen LogP contribution is -2.45. The average molecular weight is 518 g/mol. The molecular formula is C25H26ClF2N5O3. The van der Waals surface area contributed by atoms with Gasteiger partial charge in [0.1, 0.15) is 11.6 Å². The van der Waals surface area contributed by atoms with E-state index in [0.717, 1.165) is 5.69 Å². The number of anilines is 2. The zero-order valence-electron chi connectivity index (χ0n) is 19.9. The maximum atomic E-state index is 15.3. The van der Waals surface area contributed by atoms with Crippen LogP contribution in [0.2, 0.25) is 5.02 Å². The van der Waals surface area contributed by atoms with Crippen LogP contribution in [0.5, 0.6) is 0 Å². The summed E-state index contributed by atoms with van der Waals surface area (Å²) in [6.45, 7) is 4.07. The number of aryl methyl sites for hydroxylation is 1. The highest BCUT2D eigenvalue weighted by molar-refractivity contribution is 6.30. The van der Waals surface area contributed by atoms with E-state index in [2.05, 4.69) is 20.5 Å². The molecule has 1 aromatic carbocycles. The highest BCUT2D eigenvalue weighted by Gasteiger charge is 2.43. The molecule has 2 aromatic heterocycles. The van der Waals surface area contributed by atoms with Crippen molar-refractivity contribution in [2.75, 3.05) is 18.4 Å². The van der Waals surface area contributed by atoms with Crippen molar-refractivity contribution in [3.63, 3.8) is 0 Å². The van der Waals surface area contributed by atoms with Gasteiger partial charge in [0, 0.05) is 30.3 Å². The first-order valence-electron chi connectivity index (χ1n) is 11.5. The molecule has 1 aliphatic rings. The van der Waals surface area contributed by atoms with Crippen LogP contribution in [0.25, 0.3) is 0 Å². The molecule has 0 amide bonds. The number of halogens is 3. The normalized spacial score (nSPS) is 15.6. The van der Waals surface area contributed by atoms with Gasteiger partial charge in [0.15, 0.2) is 17.4 Å². The fourth-order valence-electron chi connectivity index (χ4n) is 4.47. The van der Waals surface area contributed by atoms with Crippen molar-refractivity contribution in [2.45, 2.75) is 39.7 Å². The Morgan fingerprint density at radius 3 is 2.53 bits per heavy atom. The van der Waals surface area contributed by atoms with Gasteiger partial charge in [-0.3, -0.25) is 19.6 Å². The van der Waals surface area contributed by atoms with E-state index in [1.807, 2.05) is 11.8 Å². The molecule has 0 saturated carbocycles. The number of carbonyl (C=O) groups excluding carboxylic acids is 1. The standard InChI is InChI=1S/C25H26ClF2N5O3/c1-14-10-21(32-31-14)30-20-11-17(15(2)34)23(28)19(29-20)12-25(24(35)36)6-8-33(9-7-25)13-16-4-3-5-18(26)22(16)27/h3-5,10-11H,6-9,12-13H2,1-2H3,(H,35,36)(H2,29,30,31,32). The number of rotatable bonds is 8. The molecule has 3 heterocycles. The SMILES string of the molecule is CC(=O)c1cc(Nc2cc(C)[nH]n2)nc(CC2(C(=O)O)CCN(Cc3cccc(Cl)c3F)CC2)c1F. The number of carboxylic acids is 1. The third-order valence-electron chi connectivity index (χ3n) is 6.57. The lowest BCUT2D eigenvalue weighted by atomic mass is 9.74. The molecule has 190 valence electrons. The van der Waals surface area contributed by atoms with E-state index in [9.17, 15) is 19.1 Å². The number of nitrogens with one attached hydrogen (secondary N) is 2. The number of nitrogens with zero attached hydrogens (tertiary/aromatic N) is 3. The van der Waals surface area contributed by atoms with E-state index in [-0.39, 0.29) is 47.9 Å². The largest absolute Gasteiger partial charge is 0.481 e. The summed E-state index contributed by atoms with van der Waals surface area (Å²) in [6, 6.07) is 7.79. The van der Waals surface area contributed by atoms with Gasteiger partial charge in [-0.05, 0) is 51.9 Å². The Balaban J connectivity index is 1.57. The van der Waals surface area contributed by atoms with Gasteiger partial charge >= 0.3 is 5.97 Å². The second kappa shape index (κ2) is 10.3. The zero-order valence-corrected chi connectivity index (χ0v) is 20.6. The van der Waals surface area contributed by atoms with Gasteiger partial charge < -0.3 is 10.4 Å². The van der Waals surface area contributed by atoms with E-state index < -0.39 is 28.8 Å². The molecule has 1 aliphatic heterocycles. The van der Waals surface area contributed by atoms with Crippen LogP contribution in [0.1, 0.15) is 47.1 Å². The number of carbonyl (C=O) groups is 2. The number of pyridine rings is 1. The van der Waals surface area contributed by atoms with E-state index in [1.165, 1.54) is 19.1 Å². The van der Waals surface area contributed by atoms with Gasteiger partial charge in [-0.15, -0.1) is 0 Å². The molecule has 3 aromatic rings. The Bertz CT molecular complexity index is 1300. The van der Waals surface area contributed by atoms with Gasteiger partial charge in [0.2, 0.25) is 0 Å². The number of aromatic nitrogens is 3. The van der Waals surface area contributed by atoms with Crippen molar-refractivity contribution in [1.29, 1.82) is 0 Å². The molecular weight excluding hydrogens is 492 g/mol. The van der Waals surface area contributed by atoms with Crippen LogP contribution in [0.15, 0.2) is 30.3 Å². The van der Waals surface area contributed by atoms with Crippen LogP contribution in [-0.2, 0) is 17.8 Å². The number of Topliss-reactive ketones (excluding diaryl/α,β-unsaturated/α-hetero) is 1. The Labute approximate surface area is 211 Å². The van der Waals surface area contributed by atoms with Crippen molar-refractivity contribution in [2.24, 2.45) is 5.41 Å². The average Bonchev–Trinajstić information content (AvgIpc) is 3.24. The van der Waals surface area contributed by atoms with Crippen molar-refractivity contribution >= 4 is 35.0 Å². The molecule has 4 rings (SSSR count). The highest BCUT2D eigenvalue weighted by atomic mass is 35.5. The summed E-state index contributed by atoms with van der Waals surface area (Å²) in [5.74, 6) is -2.26. The van der Waals surface area contributed by atoms with Crippen molar-refractivity contribution in [3.05, 3.63) is 69.5 Å². The quantitative estimate of drug-likeness (QED) is 0.364. The molecule has 0 radical (unpaired) electrons. The Morgan fingerprint density at radius 2 is 1.92 bits per heavy atom. The first-order chi connectivity index (χ1) is 17.1. The predicted octanol–water partition coefficient (Wildman–Crippen LogP) is 4.90. The molecule has 11 heteroatoms. The van der Waals surface area contributed by atoms with Crippen LogP contribution < -0.4 is 5.32 Å². The Hall–Kier alpha value is -3.37. The van der Waals surface area contributed by atoms with Gasteiger partial charge in [0.25, 0.3) is 0 Å². The molecule has 0 atom stereocenters. The summed E-state index contributed by atoms with van der Waals surface area (Å²) in [6.07, 6.45) is 0.220. The minimum absolute atomic E-state index is 0.0331. The number of ketones is 1. The number of likely N-dealkylation sites (tertiary alicyclic amines) is 1. The van der Waals surface area contributed by atoms with Gasteiger partial charge in [0.05, 0.1) is 21.7 Å². The first kappa shape index (κ1) is 25.7. The number of aromatic amines is 1. The molecule has 0 aliphatic carbocycles. The number of piperidine rings is 1. The maximum absolute atomic E-state index is 15.3. The minimum Gasteiger partial charge on any atom is -0.481 e. The highest BCUT2D eigenvalue weighted by Crippen LogP contribution is 2.37. The summed E-state index contributed by atoms with van der Waals surface area (Å²) in [4.78, 5) is 30.8. The summed E-state index contributed by atoms with van der Waals surface area (Å²) in [7, 11) is 0. The smallest absolute Gasteiger partial charge is 0.310 e. The number of hydrogen-bond donors (Lipinski definition) is 3. The summed E-state index contributed by atoms with van der Waals surface area (Å²) in [5.41, 5.74) is -0.344. The van der Waals surface area contributed by atoms with Crippen LogP contribution in [0.3, 0.4) is 0 Å². The summed E-state index contributed by atoms with van der Waals surface area (Å²) < 4.78 is 29.6. The van der Waals surface area contributed by atoms with Crippen molar-refractivity contribution in [3.8, 4) is 0 Å².